The van der Waals surface area contributed by atoms with E-state index in [1.54, 1.807) is 0 Å². The van der Waals surface area contributed by atoms with Crippen LogP contribution < -0.4 is 14.2 Å². The van der Waals surface area contributed by atoms with Gasteiger partial charge in [-0.3, -0.25) is 4.72 Å². The summed E-state index contributed by atoms with van der Waals surface area (Å²) in [5.41, 5.74) is 0.269. The molecule has 1 aromatic carbocycles. The van der Waals surface area contributed by atoms with Crippen LogP contribution in [0.5, 0.6) is 11.8 Å². The molecule has 0 unspecified atom stereocenters. The monoisotopic (exact) mass is 479 g/mol. The number of benzene rings is 1. The van der Waals surface area contributed by atoms with E-state index < -0.39 is 52.2 Å². The summed E-state index contributed by atoms with van der Waals surface area (Å²) in [5, 5.41) is 0.266. The van der Waals surface area contributed by atoms with Crippen molar-refractivity contribution in [2.45, 2.75) is 24.2 Å². The lowest BCUT2D eigenvalue weighted by atomic mass is 10.2. The van der Waals surface area contributed by atoms with Gasteiger partial charge in [-0.05, 0) is 30.7 Å². The Morgan fingerprint density at radius 2 is 1.50 bits per heavy atom. The number of aryl methyl sites for hydroxylation is 1. The molecule has 0 aliphatic rings. The maximum Gasteiger partial charge on any atom is 0.422 e. The number of sulfonamides is 1. The number of alkyl halides is 6. The zero-order valence-corrected chi connectivity index (χ0v) is 16.4. The summed E-state index contributed by atoms with van der Waals surface area (Å²) in [5.74, 6) is -2.28. The van der Waals surface area contributed by atoms with Crippen molar-refractivity contribution in [3.05, 3.63) is 35.1 Å². The molecule has 7 nitrogen and oxygen atoms in total. The standard InChI is InChI=1S/C15H12ClF6N3O4S/c1-8-4-9(16)2-3-10(8)25-30(26,27)11-12(28-5-14(17,18)19)23-7-24-13(11)29-6-15(20,21)22/h2-4,7,25H,5-6H2,1H3. The minimum atomic E-state index is -4.88. The second-order valence-corrected chi connectivity index (χ2v) is 7.74. The fourth-order valence-corrected chi connectivity index (χ4v) is 3.55. The molecular formula is C15H12ClF6N3O4S. The van der Waals surface area contributed by atoms with Crippen LogP contribution in [0.15, 0.2) is 29.4 Å². The SMILES string of the molecule is Cc1cc(Cl)ccc1NS(=O)(=O)c1c(OCC(F)(F)F)ncnc1OCC(F)(F)F. The van der Waals surface area contributed by atoms with Crippen molar-refractivity contribution in [1.29, 1.82) is 0 Å². The number of anilines is 1. The molecule has 0 saturated carbocycles. The van der Waals surface area contributed by atoms with Crippen LogP contribution in [-0.4, -0.2) is 44.0 Å². The van der Waals surface area contributed by atoms with Crippen LogP contribution in [0, 0.1) is 6.92 Å². The Kier molecular flexibility index (Phi) is 6.91. The summed E-state index contributed by atoms with van der Waals surface area (Å²) in [6, 6.07) is 3.94. The molecule has 0 aliphatic heterocycles. The first-order chi connectivity index (χ1) is 13.7. The van der Waals surface area contributed by atoms with Crippen LogP contribution >= 0.6 is 11.6 Å². The lowest BCUT2D eigenvalue weighted by Crippen LogP contribution is -2.24. The van der Waals surface area contributed by atoms with Crippen LogP contribution in [0.4, 0.5) is 32.0 Å². The smallest absolute Gasteiger partial charge is 0.422 e. The summed E-state index contributed by atoms with van der Waals surface area (Å²) in [6.07, 6.45) is -9.25. The molecule has 1 aromatic heterocycles. The van der Waals surface area contributed by atoms with Gasteiger partial charge in [0.2, 0.25) is 16.7 Å². The van der Waals surface area contributed by atoms with Gasteiger partial charge < -0.3 is 9.47 Å². The molecule has 166 valence electrons. The maximum atomic E-state index is 12.8. The Bertz CT molecular complexity index is 978. The van der Waals surface area contributed by atoms with Gasteiger partial charge in [0.15, 0.2) is 13.2 Å². The second-order valence-electron chi connectivity index (χ2n) is 5.69. The molecule has 0 radical (unpaired) electrons. The fourth-order valence-electron chi connectivity index (χ4n) is 2.02. The second kappa shape index (κ2) is 8.71. The third kappa shape index (κ3) is 6.79. The Morgan fingerprint density at radius 1 is 1.00 bits per heavy atom. The largest absolute Gasteiger partial charge is 0.467 e. The van der Waals surface area contributed by atoms with Crippen LogP contribution in [0.25, 0.3) is 0 Å². The Balaban J connectivity index is 2.51. The zero-order valence-electron chi connectivity index (χ0n) is 14.8. The topological polar surface area (TPSA) is 90.4 Å². The molecule has 0 atom stereocenters. The van der Waals surface area contributed by atoms with Crippen molar-refractivity contribution in [2.75, 3.05) is 17.9 Å². The number of nitrogens with zero attached hydrogens (tertiary/aromatic N) is 2. The average Bonchev–Trinajstić information content (AvgIpc) is 2.59. The predicted octanol–water partition coefficient (Wildman–Crippen LogP) is 4.12. The van der Waals surface area contributed by atoms with Crippen LogP contribution in [0.2, 0.25) is 5.02 Å². The molecule has 0 amide bonds. The molecule has 0 saturated heterocycles. The quantitative estimate of drug-likeness (QED) is 0.601. The highest BCUT2D eigenvalue weighted by Gasteiger charge is 2.35. The van der Waals surface area contributed by atoms with Crippen LogP contribution in [0.1, 0.15) is 5.56 Å². The number of nitrogens with one attached hydrogen (secondary N) is 1. The van der Waals surface area contributed by atoms with Gasteiger partial charge in [-0.2, -0.15) is 26.3 Å². The van der Waals surface area contributed by atoms with Crippen molar-refractivity contribution in [2.24, 2.45) is 0 Å². The van der Waals surface area contributed by atoms with Crippen molar-refractivity contribution in [3.63, 3.8) is 0 Å². The van der Waals surface area contributed by atoms with Gasteiger partial charge in [-0.15, -0.1) is 0 Å². The highest BCUT2D eigenvalue weighted by atomic mass is 35.5. The Labute approximate surface area is 171 Å². The van der Waals surface area contributed by atoms with Crippen molar-refractivity contribution in [1.82, 2.24) is 9.97 Å². The predicted molar refractivity (Wildman–Crippen MR) is 92.1 cm³/mol. The van der Waals surface area contributed by atoms with Gasteiger partial charge in [0.05, 0.1) is 5.69 Å². The van der Waals surface area contributed by atoms with E-state index in [1.165, 1.54) is 25.1 Å². The van der Waals surface area contributed by atoms with Gasteiger partial charge in [0, 0.05) is 5.02 Å². The van der Waals surface area contributed by atoms with E-state index in [0.717, 1.165) is 0 Å². The summed E-state index contributed by atoms with van der Waals surface area (Å²) in [6.45, 7) is -2.44. The number of ether oxygens (including phenoxy) is 2. The van der Waals surface area contributed by atoms with E-state index in [0.29, 0.717) is 11.9 Å². The minimum Gasteiger partial charge on any atom is -0.467 e. The molecule has 2 rings (SSSR count). The molecule has 2 aromatic rings. The van der Waals surface area contributed by atoms with Gasteiger partial charge >= 0.3 is 12.4 Å². The summed E-state index contributed by atoms with van der Waals surface area (Å²) in [7, 11) is -4.85. The highest BCUT2D eigenvalue weighted by molar-refractivity contribution is 7.93. The molecule has 0 spiro atoms. The molecule has 30 heavy (non-hydrogen) atoms. The molecule has 0 aliphatic carbocycles. The first-order valence-corrected chi connectivity index (χ1v) is 9.57. The summed E-state index contributed by atoms with van der Waals surface area (Å²) < 4.78 is 111. The maximum absolute atomic E-state index is 12.8. The van der Waals surface area contributed by atoms with Gasteiger partial charge in [0.1, 0.15) is 6.33 Å². The Hall–Kier alpha value is -2.48. The normalized spacial score (nSPS) is 12.5. The molecule has 0 fully saturated rings. The van der Waals surface area contributed by atoms with E-state index in [-0.39, 0.29) is 10.7 Å². The van der Waals surface area contributed by atoms with Crippen LogP contribution in [-0.2, 0) is 10.0 Å². The van der Waals surface area contributed by atoms with Gasteiger partial charge in [0.25, 0.3) is 10.0 Å². The van der Waals surface area contributed by atoms with E-state index in [9.17, 15) is 34.8 Å². The molecule has 15 heteroatoms. The summed E-state index contributed by atoms with van der Waals surface area (Å²) in [4.78, 5) is 5.36. The summed E-state index contributed by atoms with van der Waals surface area (Å²) >= 11 is 5.77. The number of halogens is 7. The van der Waals surface area contributed by atoms with Crippen molar-refractivity contribution < 1.29 is 44.2 Å². The van der Waals surface area contributed by atoms with Gasteiger partial charge in [-0.1, -0.05) is 11.6 Å². The fraction of sp³-hybridized carbons (Fsp3) is 0.333. The van der Waals surface area contributed by atoms with E-state index in [2.05, 4.69) is 19.4 Å². The van der Waals surface area contributed by atoms with E-state index in [1.807, 2.05) is 4.72 Å². The average molecular weight is 480 g/mol. The van der Waals surface area contributed by atoms with Crippen LogP contribution in [0.3, 0.4) is 0 Å². The van der Waals surface area contributed by atoms with Crippen molar-refractivity contribution >= 4 is 27.3 Å². The molecule has 1 N–H and O–H groups in total. The number of hydrogen-bond donors (Lipinski definition) is 1. The number of hydrogen-bond acceptors (Lipinski definition) is 6. The van der Waals surface area contributed by atoms with E-state index in [4.69, 9.17) is 11.6 Å². The number of aromatic nitrogens is 2. The highest BCUT2D eigenvalue weighted by Crippen LogP contribution is 2.34. The first-order valence-electron chi connectivity index (χ1n) is 7.71. The zero-order chi connectivity index (χ0) is 22.7. The Morgan fingerprint density at radius 3 is 1.93 bits per heavy atom. The third-order valence-electron chi connectivity index (χ3n) is 3.19. The third-order valence-corrected chi connectivity index (χ3v) is 4.80. The number of rotatable bonds is 7. The lowest BCUT2D eigenvalue weighted by Gasteiger charge is -2.17. The van der Waals surface area contributed by atoms with Crippen molar-refractivity contribution in [3.8, 4) is 11.8 Å². The van der Waals surface area contributed by atoms with Gasteiger partial charge in [-0.25, -0.2) is 18.4 Å². The molecule has 1 heterocycles. The first kappa shape index (κ1) is 23.8. The molecule has 0 bridgehead atoms. The minimum absolute atomic E-state index is 0.0493. The lowest BCUT2D eigenvalue weighted by molar-refractivity contribution is -0.155. The van der Waals surface area contributed by atoms with E-state index >= 15 is 0 Å². The molecular weight excluding hydrogens is 468 g/mol.